The van der Waals surface area contributed by atoms with Crippen LogP contribution in [0.2, 0.25) is 0 Å². The fourth-order valence-electron chi connectivity index (χ4n) is 1.82. The van der Waals surface area contributed by atoms with Crippen molar-refractivity contribution < 1.29 is 4.39 Å². The van der Waals surface area contributed by atoms with E-state index in [-0.39, 0.29) is 5.82 Å². The molecule has 0 radical (unpaired) electrons. The summed E-state index contributed by atoms with van der Waals surface area (Å²) in [5.41, 5.74) is 3.04. The number of rotatable bonds is 2. The SMILES string of the molecule is Cc1cc(F)ccc1-n1cncc1C(C)C. The third-order valence-corrected chi connectivity index (χ3v) is 2.68. The van der Waals surface area contributed by atoms with E-state index in [0.29, 0.717) is 5.92 Å². The monoisotopic (exact) mass is 218 g/mol. The van der Waals surface area contributed by atoms with Crippen molar-refractivity contribution in [3.8, 4) is 5.69 Å². The Kier molecular flexibility index (Phi) is 2.77. The molecule has 1 aromatic heterocycles. The first-order valence-corrected chi connectivity index (χ1v) is 5.38. The minimum Gasteiger partial charge on any atom is -0.303 e. The minimum atomic E-state index is -0.201. The summed E-state index contributed by atoms with van der Waals surface area (Å²) in [6.07, 6.45) is 3.63. The Bertz CT molecular complexity index is 500. The van der Waals surface area contributed by atoms with Gasteiger partial charge in [-0.1, -0.05) is 13.8 Å². The maximum absolute atomic E-state index is 13.0. The predicted octanol–water partition coefficient (Wildman–Crippen LogP) is 3.44. The molecule has 0 aliphatic heterocycles. The van der Waals surface area contributed by atoms with E-state index in [4.69, 9.17) is 0 Å². The first-order chi connectivity index (χ1) is 7.59. The number of hydrogen-bond donors (Lipinski definition) is 0. The van der Waals surface area contributed by atoms with Crippen LogP contribution in [-0.4, -0.2) is 9.55 Å². The summed E-state index contributed by atoms with van der Waals surface area (Å²) >= 11 is 0. The van der Waals surface area contributed by atoms with E-state index in [1.165, 1.54) is 6.07 Å². The van der Waals surface area contributed by atoms with Gasteiger partial charge in [-0.25, -0.2) is 9.37 Å². The van der Waals surface area contributed by atoms with Crippen LogP contribution < -0.4 is 0 Å². The number of imidazole rings is 1. The van der Waals surface area contributed by atoms with Crippen LogP contribution in [0.4, 0.5) is 4.39 Å². The normalized spacial score (nSPS) is 11.1. The molecule has 2 rings (SSSR count). The van der Waals surface area contributed by atoms with Gasteiger partial charge >= 0.3 is 0 Å². The van der Waals surface area contributed by atoms with E-state index in [2.05, 4.69) is 18.8 Å². The molecule has 0 atom stereocenters. The quantitative estimate of drug-likeness (QED) is 0.755. The van der Waals surface area contributed by atoms with Crippen LogP contribution in [0.1, 0.15) is 31.0 Å². The van der Waals surface area contributed by atoms with Crippen molar-refractivity contribution in [2.24, 2.45) is 0 Å². The maximum Gasteiger partial charge on any atom is 0.123 e. The molecule has 84 valence electrons. The molecule has 0 unspecified atom stereocenters. The predicted molar refractivity (Wildman–Crippen MR) is 62.3 cm³/mol. The summed E-state index contributed by atoms with van der Waals surface area (Å²) in [5, 5.41) is 0. The molecule has 0 fully saturated rings. The summed E-state index contributed by atoms with van der Waals surface area (Å²) in [6, 6.07) is 4.81. The first-order valence-electron chi connectivity index (χ1n) is 5.38. The summed E-state index contributed by atoms with van der Waals surface area (Å²) in [4.78, 5) is 4.15. The average Bonchev–Trinajstić information content (AvgIpc) is 2.66. The van der Waals surface area contributed by atoms with Crippen molar-refractivity contribution in [1.29, 1.82) is 0 Å². The van der Waals surface area contributed by atoms with E-state index >= 15 is 0 Å². The second-order valence-electron chi connectivity index (χ2n) is 4.27. The molecule has 3 heteroatoms. The van der Waals surface area contributed by atoms with Gasteiger partial charge in [0.2, 0.25) is 0 Å². The van der Waals surface area contributed by atoms with Gasteiger partial charge in [-0.15, -0.1) is 0 Å². The number of nitrogens with zero attached hydrogens (tertiary/aromatic N) is 2. The highest BCUT2D eigenvalue weighted by atomic mass is 19.1. The Labute approximate surface area is 94.8 Å². The lowest BCUT2D eigenvalue weighted by molar-refractivity contribution is 0.625. The molecule has 0 N–H and O–H groups in total. The second kappa shape index (κ2) is 4.08. The van der Waals surface area contributed by atoms with Crippen LogP contribution in [0.5, 0.6) is 0 Å². The van der Waals surface area contributed by atoms with Crippen molar-refractivity contribution in [1.82, 2.24) is 9.55 Å². The summed E-state index contributed by atoms with van der Waals surface area (Å²) in [6.45, 7) is 6.14. The van der Waals surface area contributed by atoms with Gasteiger partial charge in [0, 0.05) is 17.6 Å². The lowest BCUT2D eigenvalue weighted by Crippen LogP contribution is -2.02. The number of aryl methyl sites for hydroxylation is 1. The zero-order chi connectivity index (χ0) is 11.7. The molecule has 2 aromatic rings. The Morgan fingerprint density at radius 3 is 2.69 bits per heavy atom. The summed E-state index contributed by atoms with van der Waals surface area (Å²) in [5.74, 6) is 0.194. The van der Waals surface area contributed by atoms with E-state index in [9.17, 15) is 4.39 Å². The first kappa shape index (κ1) is 10.9. The van der Waals surface area contributed by atoms with Gasteiger partial charge in [0.25, 0.3) is 0 Å². The number of hydrogen-bond acceptors (Lipinski definition) is 1. The van der Waals surface area contributed by atoms with Crippen LogP contribution in [0, 0.1) is 12.7 Å². The minimum absolute atomic E-state index is 0.201. The Morgan fingerprint density at radius 2 is 2.06 bits per heavy atom. The van der Waals surface area contributed by atoms with Gasteiger partial charge in [0.1, 0.15) is 5.82 Å². The van der Waals surface area contributed by atoms with Crippen LogP contribution in [-0.2, 0) is 0 Å². The standard InChI is InChI=1S/C13H15FN2/c1-9(2)13-7-15-8-16(13)12-5-4-11(14)6-10(12)3/h4-9H,1-3H3. The van der Waals surface area contributed by atoms with Crippen LogP contribution in [0.25, 0.3) is 5.69 Å². The van der Waals surface area contributed by atoms with E-state index in [1.54, 1.807) is 18.5 Å². The van der Waals surface area contributed by atoms with Crippen LogP contribution >= 0.6 is 0 Å². The highest BCUT2D eigenvalue weighted by molar-refractivity contribution is 5.42. The lowest BCUT2D eigenvalue weighted by Gasteiger charge is -2.13. The topological polar surface area (TPSA) is 17.8 Å². The molecule has 0 spiro atoms. The van der Waals surface area contributed by atoms with Crippen molar-refractivity contribution in [2.75, 3.05) is 0 Å². The number of halogens is 1. The molecular weight excluding hydrogens is 203 g/mol. The van der Waals surface area contributed by atoms with Crippen LogP contribution in [0.15, 0.2) is 30.7 Å². The van der Waals surface area contributed by atoms with Gasteiger partial charge in [0.15, 0.2) is 0 Å². The number of benzene rings is 1. The molecule has 0 saturated carbocycles. The average molecular weight is 218 g/mol. The molecule has 0 amide bonds. The van der Waals surface area contributed by atoms with Gasteiger partial charge in [-0.05, 0) is 36.6 Å². The maximum atomic E-state index is 13.0. The van der Waals surface area contributed by atoms with Crippen molar-refractivity contribution in [3.63, 3.8) is 0 Å². The largest absolute Gasteiger partial charge is 0.303 e. The molecule has 0 bridgehead atoms. The smallest absolute Gasteiger partial charge is 0.123 e. The van der Waals surface area contributed by atoms with Gasteiger partial charge in [0.05, 0.1) is 6.33 Å². The molecule has 0 aliphatic carbocycles. The third-order valence-electron chi connectivity index (χ3n) is 2.68. The molecule has 1 aromatic carbocycles. The molecule has 0 aliphatic rings. The molecule has 1 heterocycles. The molecule has 2 nitrogen and oxygen atoms in total. The van der Waals surface area contributed by atoms with Crippen LogP contribution in [0.3, 0.4) is 0 Å². The highest BCUT2D eigenvalue weighted by Crippen LogP contribution is 2.21. The van der Waals surface area contributed by atoms with E-state index in [1.807, 2.05) is 17.7 Å². The molecular formula is C13H15FN2. The molecule has 0 saturated heterocycles. The van der Waals surface area contributed by atoms with Gasteiger partial charge < -0.3 is 4.57 Å². The van der Waals surface area contributed by atoms with Gasteiger partial charge in [-0.2, -0.15) is 0 Å². The summed E-state index contributed by atoms with van der Waals surface area (Å²) in [7, 11) is 0. The number of aromatic nitrogens is 2. The Balaban J connectivity index is 2.54. The molecule has 16 heavy (non-hydrogen) atoms. The van der Waals surface area contributed by atoms with Crippen molar-refractivity contribution in [2.45, 2.75) is 26.7 Å². The second-order valence-corrected chi connectivity index (χ2v) is 4.27. The zero-order valence-corrected chi connectivity index (χ0v) is 9.74. The zero-order valence-electron chi connectivity index (χ0n) is 9.74. The van der Waals surface area contributed by atoms with Crippen molar-refractivity contribution >= 4 is 0 Å². The Morgan fingerprint density at radius 1 is 1.31 bits per heavy atom. The highest BCUT2D eigenvalue weighted by Gasteiger charge is 2.09. The van der Waals surface area contributed by atoms with E-state index in [0.717, 1.165) is 16.9 Å². The summed E-state index contributed by atoms with van der Waals surface area (Å²) < 4.78 is 15.0. The lowest BCUT2D eigenvalue weighted by atomic mass is 10.1. The fourth-order valence-corrected chi connectivity index (χ4v) is 1.82. The Hall–Kier alpha value is -1.64. The van der Waals surface area contributed by atoms with E-state index < -0.39 is 0 Å². The third kappa shape index (κ3) is 1.85. The van der Waals surface area contributed by atoms with Gasteiger partial charge in [-0.3, -0.25) is 0 Å². The fraction of sp³-hybridized carbons (Fsp3) is 0.308. The van der Waals surface area contributed by atoms with Crippen molar-refractivity contribution in [3.05, 3.63) is 47.8 Å².